The normalized spacial score (nSPS) is 28.7. The molecule has 0 bridgehead atoms. The number of ether oxygens (including phenoxy) is 2. The summed E-state index contributed by atoms with van der Waals surface area (Å²) in [5.41, 5.74) is 0. The van der Waals surface area contributed by atoms with Crippen molar-refractivity contribution in [1.29, 1.82) is 0 Å². The van der Waals surface area contributed by atoms with E-state index in [1.807, 2.05) is 0 Å². The van der Waals surface area contributed by atoms with Gasteiger partial charge in [0.15, 0.2) is 0 Å². The second-order valence-electron chi connectivity index (χ2n) is 5.18. The van der Waals surface area contributed by atoms with Crippen LogP contribution in [-0.4, -0.2) is 25.4 Å². The lowest BCUT2D eigenvalue weighted by Crippen LogP contribution is -2.37. The topological polar surface area (TPSA) is 18.5 Å². The third-order valence-electron chi connectivity index (χ3n) is 2.46. The quantitative estimate of drug-likeness (QED) is 0.694. The zero-order valence-electron chi connectivity index (χ0n) is 9.95. The second-order valence-corrected chi connectivity index (χ2v) is 5.18. The van der Waals surface area contributed by atoms with Crippen LogP contribution >= 0.6 is 0 Å². The zero-order valence-corrected chi connectivity index (χ0v) is 9.95. The molecule has 2 nitrogen and oxygen atoms in total. The van der Waals surface area contributed by atoms with Crippen LogP contribution in [0.25, 0.3) is 0 Å². The summed E-state index contributed by atoms with van der Waals surface area (Å²) in [5, 5.41) is 0. The highest BCUT2D eigenvalue weighted by Gasteiger charge is 2.23. The third-order valence-corrected chi connectivity index (χ3v) is 2.46. The largest absolute Gasteiger partial charge is 0.376 e. The maximum absolute atomic E-state index is 5.98. The second kappa shape index (κ2) is 5.72. The first-order chi connectivity index (χ1) is 6.58. The van der Waals surface area contributed by atoms with Crippen molar-refractivity contribution in [2.24, 2.45) is 11.8 Å². The Balaban J connectivity index is 2.28. The molecule has 1 aliphatic rings. The Morgan fingerprint density at radius 2 is 1.36 bits per heavy atom. The van der Waals surface area contributed by atoms with Gasteiger partial charge in [0.1, 0.15) is 0 Å². The molecule has 2 heteroatoms. The van der Waals surface area contributed by atoms with Gasteiger partial charge in [0.25, 0.3) is 0 Å². The van der Waals surface area contributed by atoms with Crippen LogP contribution < -0.4 is 0 Å². The van der Waals surface area contributed by atoms with E-state index in [4.69, 9.17) is 9.47 Å². The summed E-state index contributed by atoms with van der Waals surface area (Å²) in [5.74, 6) is 1.39. The fourth-order valence-electron chi connectivity index (χ4n) is 1.98. The van der Waals surface area contributed by atoms with E-state index < -0.39 is 0 Å². The molecule has 1 heterocycles. The Bertz CT molecular complexity index is 138. The van der Waals surface area contributed by atoms with Gasteiger partial charge in [0.2, 0.25) is 0 Å². The molecule has 0 aromatic heterocycles. The predicted molar refractivity (Wildman–Crippen MR) is 58.4 cm³/mol. The molecule has 0 aromatic carbocycles. The molecular weight excluding hydrogens is 176 g/mol. The monoisotopic (exact) mass is 200 g/mol. The molecule has 14 heavy (non-hydrogen) atoms. The van der Waals surface area contributed by atoms with Crippen LogP contribution in [0, 0.1) is 11.8 Å². The summed E-state index contributed by atoms with van der Waals surface area (Å²) in [6.07, 6.45) is 2.89. The van der Waals surface area contributed by atoms with E-state index in [1.54, 1.807) is 0 Å². The van der Waals surface area contributed by atoms with Crippen LogP contribution in [0.4, 0.5) is 0 Å². The van der Waals surface area contributed by atoms with Gasteiger partial charge in [-0.05, 0) is 24.7 Å². The standard InChI is InChI=1S/C12H24O2/c1-9(2)5-11-7-13-8-12(14-11)6-10(3)4/h9-12H,5-8H2,1-4H3. The van der Waals surface area contributed by atoms with Gasteiger partial charge in [0, 0.05) is 0 Å². The highest BCUT2D eigenvalue weighted by Crippen LogP contribution is 2.19. The van der Waals surface area contributed by atoms with E-state index >= 15 is 0 Å². The Morgan fingerprint density at radius 1 is 0.929 bits per heavy atom. The van der Waals surface area contributed by atoms with Crippen molar-refractivity contribution in [2.75, 3.05) is 13.2 Å². The average molecular weight is 200 g/mol. The third kappa shape index (κ3) is 4.43. The Morgan fingerprint density at radius 3 is 1.71 bits per heavy atom. The van der Waals surface area contributed by atoms with Crippen LogP contribution in [0.3, 0.4) is 0 Å². The molecule has 0 radical (unpaired) electrons. The summed E-state index contributed by atoms with van der Waals surface area (Å²) in [7, 11) is 0. The van der Waals surface area contributed by atoms with Crippen molar-refractivity contribution in [3.05, 3.63) is 0 Å². The van der Waals surface area contributed by atoms with Crippen molar-refractivity contribution in [1.82, 2.24) is 0 Å². The first kappa shape index (κ1) is 12.0. The molecule has 0 saturated carbocycles. The Hall–Kier alpha value is -0.0800. The molecule has 1 fully saturated rings. The molecule has 2 atom stereocenters. The minimum Gasteiger partial charge on any atom is -0.376 e. The highest BCUT2D eigenvalue weighted by atomic mass is 16.6. The van der Waals surface area contributed by atoms with Gasteiger partial charge in [-0.15, -0.1) is 0 Å². The highest BCUT2D eigenvalue weighted by molar-refractivity contribution is 4.70. The molecule has 1 saturated heterocycles. The van der Waals surface area contributed by atoms with Gasteiger partial charge in [-0.1, -0.05) is 27.7 Å². The van der Waals surface area contributed by atoms with E-state index in [0.29, 0.717) is 24.0 Å². The molecule has 0 aromatic rings. The predicted octanol–water partition coefficient (Wildman–Crippen LogP) is 2.86. The van der Waals surface area contributed by atoms with E-state index in [-0.39, 0.29) is 0 Å². The van der Waals surface area contributed by atoms with Gasteiger partial charge in [0.05, 0.1) is 25.4 Å². The van der Waals surface area contributed by atoms with Gasteiger partial charge >= 0.3 is 0 Å². The molecule has 84 valence electrons. The molecule has 0 spiro atoms. The van der Waals surface area contributed by atoms with Gasteiger partial charge in [-0.2, -0.15) is 0 Å². The minimum atomic E-state index is 0.326. The van der Waals surface area contributed by atoms with Gasteiger partial charge in [-0.3, -0.25) is 0 Å². The SMILES string of the molecule is CC(C)CC1COCC(CC(C)C)O1. The molecule has 0 N–H and O–H groups in total. The molecular formula is C12H24O2. The number of hydrogen-bond donors (Lipinski definition) is 0. The van der Waals surface area contributed by atoms with Crippen LogP contribution in [0.15, 0.2) is 0 Å². The van der Waals surface area contributed by atoms with Crippen LogP contribution in [-0.2, 0) is 9.47 Å². The summed E-state index contributed by atoms with van der Waals surface area (Å²) in [6, 6.07) is 0. The molecule has 0 amide bonds. The van der Waals surface area contributed by atoms with E-state index in [0.717, 1.165) is 26.1 Å². The fourth-order valence-corrected chi connectivity index (χ4v) is 1.98. The summed E-state index contributed by atoms with van der Waals surface area (Å²) < 4.78 is 11.6. The van der Waals surface area contributed by atoms with Crippen LogP contribution in [0.2, 0.25) is 0 Å². The zero-order chi connectivity index (χ0) is 10.6. The number of hydrogen-bond acceptors (Lipinski definition) is 2. The average Bonchev–Trinajstić information content (AvgIpc) is 2.01. The van der Waals surface area contributed by atoms with Crippen molar-refractivity contribution >= 4 is 0 Å². The molecule has 1 rings (SSSR count). The first-order valence-electron chi connectivity index (χ1n) is 5.81. The lowest BCUT2D eigenvalue weighted by atomic mass is 10.0. The summed E-state index contributed by atoms with van der Waals surface area (Å²) >= 11 is 0. The van der Waals surface area contributed by atoms with Crippen molar-refractivity contribution in [3.63, 3.8) is 0 Å². The van der Waals surface area contributed by atoms with E-state index in [9.17, 15) is 0 Å². The maximum Gasteiger partial charge on any atom is 0.0815 e. The molecule has 0 aliphatic carbocycles. The van der Waals surface area contributed by atoms with E-state index in [2.05, 4.69) is 27.7 Å². The maximum atomic E-state index is 5.98. The number of rotatable bonds is 4. The first-order valence-corrected chi connectivity index (χ1v) is 5.81. The molecule has 2 unspecified atom stereocenters. The lowest BCUT2D eigenvalue weighted by molar-refractivity contribution is -0.147. The minimum absolute atomic E-state index is 0.326. The van der Waals surface area contributed by atoms with Crippen molar-refractivity contribution < 1.29 is 9.47 Å². The van der Waals surface area contributed by atoms with Crippen molar-refractivity contribution in [2.45, 2.75) is 52.7 Å². The van der Waals surface area contributed by atoms with Gasteiger partial charge in [-0.25, -0.2) is 0 Å². The van der Waals surface area contributed by atoms with Gasteiger partial charge < -0.3 is 9.47 Å². The van der Waals surface area contributed by atoms with Crippen molar-refractivity contribution in [3.8, 4) is 0 Å². The van der Waals surface area contributed by atoms with E-state index in [1.165, 1.54) is 0 Å². The lowest BCUT2D eigenvalue weighted by Gasteiger charge is -2.32. The Labute approximate surface area is 88.0 Å². The molecule has 1 aliphatic heterocycles. The summed E-state index contributed by atoms with van der Waals surface area (Å²) in [4.78, 5) is 0. The van der Waals surface area contributed by atoms with Crippen LogP contribution in [0.1, 0.15) is 40.5 Å². The summed E-state index contributed by atoms with van der Waals surface area (Å²) in [6.45, 7) is 10.5. The smallest absolute Gasteiger partial charge is 0.0815 e. The Kier molecular flexibility index (Phi) is 4.90. The van der Waals surface area contributed by atoms with Crippen LogP contribution in [0.5, 0.6) is 0 Å². The fraction of sp³-hybridized carbons (Fsp3) is 1.00.